The molecular formula is C12H25N5. The molecule has 0 saturated carbocycles. The first-order valence-corrected chi connectivity index (χ1v) is 6.08. The van der Waals surface area contributed by atoms with Gasteiger partial charge in [0.05, 0.1) is 11.4 Å². The Bertz CT molecular complexity index is 369. The van der Waals surface area contributed by atoms with Crippen LogP contribution in [0, 0.1) is 6.92 Å². The lowest BCUT2D eigenvalue weighted by molar-refractivity contribution is 0.371. The van der Waals surface area contributed by atoms with E-state index in [0.29, 0.717) is 6.04 Å². The van der Waals surface area contributed by atoms with Gasteiger partial charge in [-0.25, -0.2) is 0 Å². The third-order valence-electron chi connectivity index (χ3n) is 3.01. The van der Waals surface area contributed by atoms with E-state index >= 15 is 0 Å². The molecule has 0 aliphatic carbocycles. The van der Waals surface area contributed by atoms with Gasteiger partial charge < -0.3 is 15.5 Å². The summed E-state index contributed by atoms with van der Waals surface area (Å²) < 4.78 is 1.88. The summed E-state index contributed by atoms with van der Waals surface area (Å²) in [7, 11) is 6.12. The second-order valence-corrected chi connectivity index (χ2v) is 4.84. The van der Waals surface area contributed by atoms with E-state index in [4.69, 9.17) is 5.73 Å². The van der Waals surface area contributed by atoms with Gasteiger partial charge in [-0.15, -0.1) is 0 Å². The SMILES string of the molecule is CCN(c1c(N)c(C)nn1C)C(C)CN(C)C. The molecule has 5 heteroatoms. The molecule has 1 aromatic rings. The lowest BCUT2D eigenvalue weighted by Gasteiger charge is -2.32. The highest BCUT2D eigenvalue weighted by atomic mass is 15.4. The second kappa shape index (κ2) is 5.40. The van der Waals surface area contributed by atoms with E-state index in [2.05, 4.69) is 42.8 Å². The molecule has 0 bridgehead atoms. The first kappa shape index (κ1) is 13.8. The molecule has 1 unspecified atom stereocenters. The number of hydrogen-bond donors (Lipinski definition) is 1. The normalized spacial score (nSPS) is 13.1. The molecule has 1 aromatic heterocycles. The lowest BCUT2D eigenvalue weighted by atomic mass is 10.2. The number of aromatic nitrogens is 2. The van der Waals surface area contributed by atoms with Crippen LogP contribution in [0.15, 0.2) is 0 Å². The Kier molecular flexibility index (Phi) is 4.40. The number of aryl methyl sites for hydroxylation is 2. The van der Waals surface area contributed by atoms with Gasteiger partial charge in [-0.2, -0.15) is 5.10 Å². The van der Waals surface area contributed by atoms with E-state index in [0.717, 1.165) is 30.3 Å². The van der Waals surface area contributed by atoms with Crippen LogP contribution in [0.2, 0.25) is 0 Å². The molecule has 0 aromatic carbocycles. The summed E-state index contributed by atoms with van der Waals surface area (Å²) in [6.45, 7) is 8.23. The van der Waals surface area contributed by atoms with Gasteiger partial charge >= 0.3 is 0 Å². The number of rotatable bonds is 5. The first-order chi connectivity index (χ1) is 7.88. The molecule has 98 valence electrons. The monoisotopic (exact) mass is 239 g/mol. The van der Waals surface area contributed by atoms with Gasteiger partial charge in [-0.3, -0.25) is 4.68 Å². The molecule has 0 amide bonds. The number of anilines is 2. The van der Waals surface area contributed by atoms with Crippen molar-refractivity contribution < 1.29 is 0 Å². The van der Waals surface area contributed by atoms with E-state index in [9.17, 15) is 0 Å². The molecule has 0 aliphatic heterocycles. The average Bonchev–Trinajstić information content (AvgIpc) is 2.45. The number of hydrogen-bond acceptors (Lipinski definition) is 4. The number of likely N-dealkylation sites (N-methyl/N-ethyl adjacent to an activating group) is 2. The van der Waals surface area contributed by atoms with Crippen molar-refractivity contribution in [3.63, 3.8) is 0 Å². The second-order valence-electron chi connectivity index (χ2n) is 4.84. The van der Waals surface area contributed by atoms with Crippen LogP contribution >= 0.6 is 0 Å². The topological polar surface area (TPSA) is 50.3 Å². The fourth-order valence-electron chi connectivity index (χ4n) is 2.30. The maximum absolute atomic E-state index is 6.11. The number of nitrogens with two attached hydrogens (primary N) is 1. The molecule has 1 rings (SSSR count). The summed E-state index contributed by atoms with van der Waals surface area (Å²) in [5, 5.41) is 4.38. The molecule has 17 heavy (non-hydrogen) atoms. The Morgan fingerprint density at radius 1 is 1.41 bits per heavy atom. The van der Waals surface area contributed by atoms with Crippen LogP contribution in [-0.4, -0.2) is 47.9 Å². The van der Waals surface area contributed by atoms with E-state index < -0.39 is 0 Å². The fraction of sp³-hybridized carbons (Fsp3) is 0.750. The van der Waals surface area contributed by atoms with Crippen LogP contribution in [0.3, 0.4) is 0 Å². The molecule has 2 N–H and O–H groups in total. The molecule has 0 spiro atoms. The third-order valence-corrected chi connectivity index (χ3v) is 3.01. The van der Waals surface area contributed by atoms with Crippen LogP contribution in [-0.2, 0) is 7.05 Å². The summed E-state index contributed by atoms with van der Waals surface area (Å²) in [6, 6.07) is 0.409. The van der Waals surface area contributed by atoms with Crippen LogP contribution in [0.5, 0.6) is 0 Å². The summed E-state index contributed by atoms with van der Waals surface area (Å²) in [6.07, 6.45) is 0. The zero-order chi connectivity index (χ0) is 13.2. The average molecular weight is 239 g/mol. The minimum absolute atomic E-state index is 0.409. The predicted molar refractivity (Wildman–Crippen MR) is 73.4 cm³/mol. The Labute approximate surface area is 104 Å². The molecular weight excluding hydrogens is 214 g/mol. The highest BCUT2D eigenvalue weighted by Crippen LogP contribution is 2.27. The molecule has 5 nitrogen and oxygen atoms in total. The van der Waals surface area contributed by atoms with Crippen molar-refractivity contribution in [1.82, 2.24) is 14.7 Å². The van der Waals surface area contributed by atoms with E-state index in [1.54, 1.807) is 0 Å². The van der Waals surface area contributed by atoms with Crippen LogP contribution < -0.4 is 10.6 Å². The quantitative estimate of drug-likeness (QED) is 0.835. The Hall–Kier alpha value is -1.23. The zero-order valence-electron chi connectivity index (χ0n) is 11.9. The van der Waals surface area contributed by atoms with Crippen molar-refractivity contribution in [2.24, 2.45) is 7.05 Å². The summed E-state index contributed by atoms with van der Waals surface area (Å²) in [5.41, 5.74) is 7.80. The van der Waals surface area contributed by atoms with Crippen molar-refractivity contribution in [3.8, 4) is 0 Å². The summed E-state index contributed by atoms with van der Waals surface area (Å²) in [5.74, 6) is 1.03. The van der Waals surface area contributed by atoms with Crippen molar-refractivity contribution >= 4 is 11.5 Å². The van der Waals surface area contributed by atoms with Crippen molar-refractivity contribution in [1.29, 1.82) is 0 Å². The van der Waals surface area contributed by atoms with Crippen molar-refractivity contribution in [2.45, 2.75) is 26.8 Å². The Balaban J connectivity index is 3.01. The molecule has 1 atom stereocenters. The van der Waals surface area contributed by atoms with Crippen molar-refractivity contribution in [2.75, 3.05) is 37.8 Å². The zero-order valence-corrected chi connectivity index (χ0v) is 11.9. The fourth-order valence-corrected chi connectivity index (χ4v) is 2.30. The highest BCUT2D eigenvalue weighted by molar-refractivity contribution is 5.66. The number of nitrogens with zero attached hydrogens (tertiary/aromatic N) is 4. The van der Waals surface area contributed by atoms with Gasteiger partial charge in [0, 0.05) is 26.2 Å². The van der Waals surface area contributed by atoms with Gasteiger partial charge in [0.25, 0.3) is 0 Å². The minimum atomic E-state index is 0.409. The maximum Gasteiger partial charge on any atom is 0.150 e. The minimum Gasteiger partial charge on any atom is -0.394 e. The van der Waals surface area contributed by atoms with Crippen LogP contribution in [0.1, 0.15) is 19.5 Å². The number of nitrogen functional groups attached to an aromatic ring is 1. The van der Waals surface area contributed by atoms with E-state index in [1.165, 1.54) is 0 Å². The standard InChI is InChI=1S/C12H25N5/c1-7-17(9(2)8-15(4)5)12-11(13)10(3)14-16(12)6/h9H,7-8,13H2,1-6H3. The van der Waals surface area contributed by atoms with E-state index in [-0.39, 0.29) is 0 Å². The molecule has 0 saturated heterocycles. The Morgan fingerprint density at radius 2 is 2.00 bits per heavy atom. The summed E-state index contributed by atoms with van der Waals surface area (Å²) in [4.78, 5) is 4.49. The molecule has 0 radical (unpaired) electrons. The first-order valence-electron chi connectivity index (χ1n) is 6.08. The molecule has 1 heterocycles. The third kappa shape index (κ3) is 2.91. The van der Waals surface area contributed by atoms with Crippen LogP contribution in [0.25, 0.3) is 0 Å². The maximum atomic E-state index is 6.11. The molecule has 0 aliphatic rings. The highest BCUT2D eigenvalue weighted by Gasteiger charge is 2.21. The predicted octanol–water partition coefficient (Wildman–Crippen LogP) is 1.09. The van der Waals surface area contributed by atoms with Crippen LogP contribution in [0.4, 0.5) is 11.5 Å². The lowest BCUT2D eigenvalue weighted by Crippen LogP contribution is -2.41. The van der Waals surface area contributed by atoms with Crippen molar-refractivity contribution in [3.05, 3.63) is 5.69 Å². The van der Waals surface area contributed by atoms with Gasteiger partial charge in [0.1, 0.15) is 0 Å². The molecule has 0 fully saturated rings. The Morgan fingerprint density at radius 3 is 2.35 bits per heavy atom. The van der Waals surface area contributed by atoms with Gasteiger partial charge in [0.15, 0.2) is 5.82 Å². The van der Waals surface area contributed by atoms with Gasteiger partial charge in [-0.1, -0.05) is 0 Å². The van der Waals surface area contributed by atoms with E-state index in [1.807, 2.05) is 18.7 Å². The smallest absolute Gasteiger partial charge is 0.150 e. The summed E-state index contributed by atoms with van der Waals surface area (Å²) >= 11 is 0. The largest absolute Gasteiger partial charge is 0.394 e. The van der Waals surface area contributed by atoms with Gasteiger partial charge in [0.2, 0.25) is 0 Å². The van der Waals surface area contributed by atoms with Gasteiger partial charge in [-0.05, 0) is 34.9 Å².